The predicted molar refractivity (Wildman–Crippen MR) is 104 cm³/mol. The first kappa shape index (κ1) is 17.6. The zero-order valence-electron chi connectivity index (χ0n) is 15.1. The molecule has 6 nitrogen and oxygen atoms in total. The Morgan fingerprint density at radius 1 is 0.893 bits per heavy atom. The van der Waals surface area contributed by atoms with E-state index < -0.39 is 12.0 Å². The van der Waals surface area contributed by atoms with E-state index in [1.165, 1.54) is 7.11 Å². The van der Waals surface area contributed by atoms with Gasteiger partial charge in [-0.15, -0.1) is 5.10 Å². The molecule has 4 aromatic rings. The summed E-state index contributed by atoms with van der Waals surface area (Å²) in [6.07, 6.45) is 0. The first-order valence-corrected chi connectivity index (χ1v) is 8.76. The van der Waals surface area contributed by atoms with Gasteiger partial charge in [0.05, 0.1) is 18.2 Å². The van der Waals surface area contributed by atoms with Crippen molar-refractivity contribution in [2.45, 2.75) is 6.04 Å². The van der Waals surface area contributed by atoms with Crippen LogP contribution >= 0.6 is 0 Å². The molecule has 0 radical (unpaired) electrons. The number of hydrogen-bond donors (Lipinski definition) is 0. The number of ketones is 1. The van der Waals surface area contributed by atoms with Crippen molar-refractivity contribution < 1.29 is 14.3 Å². The molecule has 0 spiro atoms. The molecule has 0 aliphatic carbocycles. The van der Waals surface area contributed by atoms with Gasteiger partial charge in [0.25, 0.3) is 0 Å². The van der Waals surface area contributed by atoms with Gasteiger partial charge in [0, 0.05) is 5.56 Å². The summed E-state index contributed by atoms with van der Waals surface area (Å²) >= 11 is 0. The molecule has 0 saturated heterocycles. The quantitative estimate of drug-likeness (QED) is 0.395. The largest absolute Gasteiger partial charge is 0.465 e. The van der Waals surface area contributed by atoms with Gasteiger partial charge < -0.3 is 4.74 Å². The average Bonchev–Trinajstić information content (AvgIpc) is 3.18. The van der Waals surface area contributed by atoms with Crippen molar-refractivity contribution in [1.29, 1.82) is 0 Å². The minimum Gasteiger partial charge on any atom is -0.465 e. The molecule has 4 rings (SSSR count). The van der Waals surface area contributed by atoms with Crippen LogP contribution in [0.5, 0.6) is 0 Å². The second kappa shape index (κ2) is 7.44. The first-order chi connectivity index (χ1) is 13.7. The number of aromatic nitrogens is 3. The van der Waals surface area contributed by atoms with Crippen molar-refractivity contribution in [3.05, 3.63) is 95.6 Å². The van der Waals surface area contributed by atoms with Gasteiger partial charge >= 0.3 is 5.97 Å². The maximum atomic E-state index is 13.5. The highest BCUT2D eigenvalue weighted by Gasteiger charge is 2.27. The molecule has 0 aliphatic rings. The van der Waals surface area contributed by atoms with Crippen LogP contribution in [0.3, 0.4) is 0 Å². The predicted octanol–water partition coefficient (Wildman–Crippen LogP) is 3.69. The molecular weight excluding hydrogens is 354 g/mol. The van der Waals surface area contributed by atoms with E-state index in [1.54, 1.807) is 28.9 Å². The van der Waals surface area contributed by atoms with Crippen LogP contribution in [0.1, 0.15) is 32.3 Å². The fourth-order valence-electron chi connectivity index (χ4n) is 3.19. The van der Waals surface area contributed by atoms with E-state index in [0.29, 0.717) is 16.6 Å². The van der Waals surface area contributed by atoms with E-state index in [1.807, 2.05) is 54.6 Å². The number of nitrogens with zero attached hydrogens (tertiary/aromatic N) is 3. The van der Waals surface area contributed by atoms with Gasteiger partial charge in [0.1, 0.15) is 11.6 Å². The third kappa shape index (κ3) is 3.16. The molecule has 1 heterocycles. The number of carbonyl (C=O) groups excluding carboxylic acids is 2. The van der Waals surface area contributed by atoms with E-state index in [0.717, 1.165) is 11.1 Å². The second-order valence-electron chi connectivity index (χ2n) is 6.27. The van der Waals surface area contributed by atoms with Crippen LogP contribution in [0.2, 0.25) is 0 Å². The summed E-state index contributed by atoms with van der Waals surface area (Å²) in [6.45, 7) is 0. The lowest BCUT2D eigenvalue weighted by molar-refractivity contribution is 0.0600. The maximum absolute atomic E-state index is 13.5. The molecule has 1 atom stereocenters. The molecular formula is C22H17N3O3. The normalized spacial score (nSPS) is 11.9. The van der Waals surface area contributed by atoms with Gasteiger partial charge in [-0.1, -0.05) is 59.8 Å². The lowest BCUT2D eigenvalue weighted by Gasteiger charge is -2.18. The summed E-state index contributed by atoms with van der Waals surface area (Å²) in [7, 11) is 1.31. The fourth-order valence-corrected chi connectivity index (χ4v) is 3.19. The number of esters is 1. The topological polar surface area (TPSA) is 74.1 Å². The van der Waals surface area contributed by atoms with Gasteiger partial charge in [-0.3, -0.25) is 4.79 Å². The van der Waals surface area contributed by atoms with Crippen LogP contribution in [0, 0.1) is 0 Å². The summed E-state index contributed by atoms with van der Waals surface area (Å²) in [5, 5.41) is 8.43. The summed E-state index contributed by atoms with van der Waals surface area (Å²) in [4.78, 5) is 25.4. The van der Waals surface area contributed by atoms with Crippen LogP contribution in [0.15, 0.2) is 78.9 Å². The van der Waals surface area contributed by atoms with Crippen molar-refractivity contribution in [2.75, 3.05) is 7.11 Å². The number of fused-ring (bicyclic) bond motifs is 1. The number of rotatable bonds is 5. The molecule has 1 unspecified atom stereocenters. The van der Waals surface area contributed by atoms with Gasteiger partial charge in [0.15, 0.2) is 5.78 Å². The van der Waals surface area contributed by atoms with Gasteiger partial charge in [-0.05, 0) is 29.8 Å². The number of para-hydroxylation sites is 1. The minimum atomic E-state index is -0.707. The van der Waals surface area contributed by atoms with Crippen LogP contribution in [0.4, 0.5) is 0 Å². The third-order valence-electron chi connectivity index (χ3n) is 4.55. The summed E-state index contributed by atoms with van der Waals surface area (Å²) in [6, 6.07) is 22.7. The van der Waals surface area contributed by atoms with Crippen molar-refractivity contribution in [2.24, 2.45) is 0 Å². The van der Waals surface area contributed by atoms with Crippen LogP contribution in [0.25, 0.3) is 11.0 Å². The van der Waals surface area contributed by atoms with E-state index >= 15 is 0 Å². The zero-order valence-corrected chi connectivity index (χ0v) is 15.1. The molecule has 0 saturated carbocycles. The van der Waals surface area contributed by atoms with E-state index in [2.05, 4.69) is 10.3 Å². The summed E-state index contributed by atoms with van der Waals surface area (Å²) < 4.78 is 6.39. The number of Topliss-reactive ketones (excluding diaryl/α,β-unsaturated/α-hetero) is 1. The molecule has 6 heteroatoms. The van der Waals surface area contributed by atoms with Crippen LogP contribution < -0.4 is 0 Å². The second-order valence-corrected chi connectivity index (χ2v) is 6.27. The number of ether oxygens (including phenoxy) is 1. The maximum Gasteiger partial charge on any atom is 0.337 e. The van der Waals surface area contributed by atoms with Crippen molar-refractivity contribution in [3.8, 4) is 0 Å². The molecule has 0 N–H and O–H groups in total. The third-order valence-corrected chi connectivity index (χ3v) is 4.55. The Labute approximate surface area is 161 Å². The number of carbonyl (C=O) groups is 2. The molecule has 0 fully saturated rings. The Morgan fingerprint density at radius 2 is 1.61 bits per heavy atom. The molecule has 1 aromatic heterocycles. The molecule has 3 aromatic carbocycles. The fraction of sp³-hybridized carbons (Fsp3) is 0.0909. The number of benzene rings is 3. The Morgan fingerprint density at radius 3 is 2.39 bits per heavy atom. The van der Waals surface area contributed by atoms with E-state index in [-0.39, 0.29) is 5.78 Å². The van der Waals surface area contributed by atoms with E-state index in [4.69, 9.17) is 4.74 Å². The standard InChI is InChI=1S/C22H17N3O3/c1-28-22(27)17-11-7-10-16(14-17)21(26)20(15-8-3-2-4-9-15)25-19-13-6-5-12-18(19)23-24-25/h2-14,20H,1H3. The van der Waals surface area contributed by atoms with Gasteiger partial charge in [-0.25, -0.2) is 9.48 Å². The molecule has 138 valence electrons. The van der Waals surface area contributed by atoms with E-state index in [9.17, 15) is 9.59 Å². The first-order valence-electron chi connectivity index (χ1n) is 8.76. The average molecular weight is 371 g/mol. The van der Waals surface area contributed by atoms with Crippen molar-refractivity contribution in [1.82, 2.24) is 15.0 Å². The highest BCUT2D eigenvalue weighted by Crippen LogP contribution is 2.26. The Kier molecular flexibility index (Phi) is 4.68. The summed E-state index contributed by atoms with van der Waals surface area (Å²) in [5.41, 5.74) is 2.97. The Hall–Kier alpha value is -3.80. The monoisotopic (exact) mass is 371 g/mol. The Bertz CT molecular complexity index is 1150. The number of methoxy groups -OCH3 is 1. The van der Waals surface area contributed by atoms with Crippen molar-refractivity contribution >= 4 is 22.8 Å². The summed E-state index contributed by atoms with van der Waals surface area (Å²) in [5.74, 6) is -0.676. The SMILES string of the molecule is COC(=O)c1cccc(C(=O)C(c2ccccc2)n2nnc3ccccc32)c1. The lowest BCUT2D eigenvalue weighted by atomic mass is 9.96. The van der Waals surface area contributed by atoms with Gasteiger partial charge in [0.2, 0.25) is 0 Å². The molecule has 0 amide bonds. The lowest BCUT2D eigenvalue weighted by Crippen LogP contribution is -2.22. The minimum absolute atomic E-state index is 0.187. The highest BCUT2D eigenvalue weighted by molar-refractivity contribution is 6.03. The molecule has 0 bridgehead atoms. The number of hydrogen-bond acceptors (Lipinski definition) is 5. The molecule has 0 aliphatic heterocycles. The highest BCUT2D eigenvalue weighted by atomic mass is 16.5. The van der Waals surface area contributed by atoms with Crippen LogP contribution in [-0.4, -0.2) is 33.9 Å². The van der Waals surface area contributed by atoms with Crippen LogP contribution in [-0.2, 0) is 4.74 Å². The molecule has 28 heavy (non-hydrogen) atoms. The smallest absolute Gasteiger partial charge is 0.337 e. The Balaban J connectivity index is 1.85. The zero-order chi connectivity index (χ0) is 19.5. The van der Waals surface area contributed by atoms with Crippen molar-refractivity contribution in [3.63, 3.8) is 0 Å². The van der Waals surface area contributed by atoms with Gasteiger partial charge in [-0.2, -0.15) is 0 Å².